The van der Waals surface area contributed by atoms with Gasteiger partial charge in [0, 0.05) is 18.0 Å². The highest BCUT2D eigenvalue weighted by Crippen LogP contribution is 2.40. The van der Waals surface area contributed by atoms with Gasteiger partial charge in [-0.25, -0.2) is 13.8 Å². The lowest BCUT2D eigenvalue weighted by Gasteiger charge is -2.33. The van der Waals surface area contributed by atoms with Crippen molar-refractivity contribution in [3.63, 3.8) is 0 Å². The van der Waals surface area contributed by atoms with Crippen molar-refractivity contribution in [1.29, 1.82) is 0 Å². The van der Waals surface area contributed by atoms with Gasteiger partial charge in [0.05, 0.1) is 5.69 Å². The average molecular weight is 821 g/mol. The van der Waals surface area contributed by atoms with Crippen LogP contribution in [0.3, 0.4) is 0 Å². The molecule has 0 radical (unpaired) electrons. The first-order chi connectivity index (χ1) is 27.0. The number of anilines is 1. The largest absolute Gasteiger partial charge is 0.402 e. The molecule has 56 heavy (non-hydrogen) atoms. The Balaban J connectivity index is -0.00000101. The van der Waals surface area contributed by atoms with Crippen molar-refractivity contribution in [2.45, 2.75) is 152 Å². The summed E-state index contributed by atoms with van der Waals surface area (Å²) in [4.78, 5) is 13.1. The minimum Gasteiger partial charge on any atom is -0.402 e. The molecule has 0 spiro atoms. The zero-order chi connectivity index (χ0) is 43.2. The molecule has 3 atom stereocenters. The summed E-state index contributed by atoms with van der Waals surface area (Å²) in [6.07, 6.45) is 21.8. The van der Waals surface area contributed by atoms with Gasteiger partial charge in [0.2, 0.25) is 0 Å². The van der Waals surface area contributed by atoms with Gasteiger partial charge in [-0.3, -0.25) is 9.98 Å². The smallest absolute Gasteiger partial charge is 0.164 e. The van der Waals surface area contributed by atoms with Gasteiger partial charge < -0.3 is 16.4 Å². The SMILES string of the molecule is C=C.C=Nc1c(P)cc(C(=N/CNc2ccc(CC(C)CC)cn2)/C(F)=C\N)cc1CCCNC.CCC.CCCCCC(CCC)(CCC)CCC.FCP. The van der Waals surface area contributed by atoms with Crippen LogP contribution >= 0.6 is 18.5 Å². The number of nitrogens with two attached hydrogens (primary N) is 1. The molecular formula is C46H84F2N6P2. The normalized spacial score (nSPS) is 11.7. The van der Waals surface area contributed by atoms with Crippen LogP contribution in [0.2, 0.25) is 0 Å². The van der Waals surface area contributed by atoms with E-state index in [4.69, 9.17) is 5.73 Å². The van der Waals surface area contributed by atoms with E-state index >= 15 is 0 Å². The van der Waals surface area contributed by atoms with E-state index in [1.54, 1.807) is 0 Å². The van der Waals surface area contributed by atoms with Crippen molar-refractivity contribution < 1.29 is 8.78 Å². The number of nitrogens with one attached hydrogen (secondary N) is 2. The van der Waals surface area contributed by atoms with Gasteiger partial charge in [0.25, 0.3) is 0 Å². The summed E-state index contributed by atoms with van der Waals surface area (Å²) >= 11 is 0. The maximum atomic E-state index is 14.7. The topological polar surface area (TPSA) is 87.7 Å². The second kappa shape index (κ2) is 39.3. The predicted octanol–water partition coefficient (Wildman–Crippen LogP) is 13.2. The number of aliphatic imine (C=N–C) groups is 2. The second-order valence-electron chi connectivity index (χ2n) is 14.1. The third-order valence-corrected chi connectivity index (χ3v) is 9.59. The van der Waals surface area contributed by atoms with Crippen molar-refractivity contribution in [3.8, 4) is 0 Å². The molecule has 1 heterocycles. The molecule has 0 aliphatic carbocycles. The maximum Gasteiger partial charge on any atom is 0.164 e. The second-order valence-corrected chi connectivity index (χ2v) is 15.1. The molecule has 0 aliphatic rings. The van der Waals surface area contributed by atoms with E-state index in [2.05, 4.69) is 116 Å². The van der Waals surface area contributed by atoms with Gasteiger partial charge in [0.1, 0.15) is 24.6 Å². The lowest BCUT2D eigenvalue weighted by molar-refractivity contribution is 0.186. The Bertz CT molecular complexity index is 1270. The van der Waals surface area contributed by atoms with E-state index in [0.29, 0.717) is 22.7 Å². The molecule has 322 valence electrons. The molecule has 6 nitrogen and oxygen atoms in total. The minimum absolute atomic E-state index is 0.164. The maximum absolute atomic E-state index is 14.7. The van der Waals surface area contributed by atoms with Crippen molar-refractivity contribution in [2.75, 3.05) is 32.0 Å². The number of allylic oxidation sites excluding steroid dienone is 1. The molecule has 0 bridgehead atoms. The van der Waals surface area contributed by atoms with Gasteiger partial charge in [0.15, 0.2) is 5.83 Å². The van der Waals surface area contributed by atoms with Gasteiger partial charge in [-0.15, -0.1) is 31.6 Å². The van der Waals surface area contributed by atoms with E-state index in [1.807, 2.05) is 40.7 Å². The number of benzene rings is 1. The first kappa shape index (κ1) is 57.8. The molecule has 2 rings (SSSR count). The lowest BCUT2D eigenvalue weighted by Crippen LogP contribution is -2.20. The van der Waals surface area contributed by atoms with Crippen LogP contribution in [0, 0.1) is 11.3 Å². The molecule has 0 amide bonds. The highest BCUT2D eigenvalue weighted by molar-refractivity contribution is 7.28. The number of nitrogens with zero attached hydrogens (tertiary/aromatic N) is 3. The first-order valence-corrected chi connectivity index (χ1v) is 22.5. The molecular weight excluding hydrogens is 736 g/mol. The van der Waals surface area contributed by atoms with Crippen molar-refractivity contribution in [2.24, 2.45) is 27.1 Å². The first-order valence-electron chi connectivity index (χ1n) is 21.1. The van der Waals surface area contributed by atoms with E-state index in [9.17, 15) is 8.78 Å². The summed E-state index contributed by atoms with van der Waals surface area (Å²) in [5.41, 5.74) is 10.0. The standard InChI is InChI=1S/C25H36FN6P.C15H32.C3H8.C2H4.CH4FP/c1-5-17(2)11-18-8-9-23(30-15-18)31-16-32-24(21(26)14-27)20-12-19(7-6-10-28-3)25(29-4)22(33)13-20;1-5-9-10-14-15(11-6-2,12-7-3)13-8-4;1-3-2;1-2;2-1-3/h8-9,12-15,17,28H,4-7,10-11,16,27,33H2,1-3H3,(H,30,31);5-14H2,1-4H3;3H2,1-2H3;1-2H2;1,3H2/b21-14+,32-24-;;;;. The molecule has 1 aromatic heterocycles. The molecule has 0 saturated carbocycles. The van der Waals surface area contributed by atoms with Crippen LogP contribution in [0.4, 0.5) is 20.3 Å². The van der Waals surface area contributed by atoms with Crippen molar-refractivity contribution >= 4 is 47.7 Å². The summed E-state index contributed by atoms with van der Waals surface area (Å²) in [6, 6.07) is 7.73. The Hall–Kier alpha value is -2.53. The zero-order valence-electron chi connectivity index (χ0n) is 37.2. The van der Waals surface area contributed by atoms with Gasteiger partial charge in [-0.1, -0.05) is 113 Å². The van der Waals surface area contributed by atoms with Crippen LogP contribution in [0.1, 0.15) is 156 Å². The number of aryl methyl sites for hydroxylation is 1. The summed E-state index contributed by atoms with van der Waals surface area (Å²) in [7, 11) is 6.48. The quantitative estimate of drug-likeness (QED) is 0.0451. The number of pyridine rings is 1. The Labute approximate surface area is 348 Å². The Morgan fingerprint density at radius 1 is 0.964 bits per heavy atom. The van der Waals surface area contributed by atoms with Crippen LogP contribution in [-0.2, 0) is 12.8 Å². The van der Waals surface area contributed by atoms with Crippen molar-refractivity contribution in [1.82, 2.24) is 10.3 Å². The number of hydrogen-bond acceptors (Lipinski definition) is 6. The molecule has 0 fully saturated rings. The third-order valence-electron chi connectivity index (χ3n) is 9.15. The molecule has 1 aromatic carbocycles. The van der Waals surface area contributed by atoms with E-state index in [0.717, 1.165) is 55.0 Å². The fourth-order valence-corrected chi connectivity index (χ4v) is 7.02. The van der Waals surface area contributed by atoms with E-state index in [-0.39, 0.29) is 18.8 Å². The predicted molar refractivity (Wildman–Crippen MR) is 257 cm³/mol. The highest BCUT2D eigenvalue weighted by atomic mass is 31.0. The molecule has 2 aromatic rings. The molecule has 0 aliphatic heterocycles. The minimum atomic E-state index is -0.585. The fraction of sp³-hybridized carbons (Fsp3) is 0.630. The third kappa shape index (κ3) is 26.4. The van der Waals surface area contributed by atoms with E-state index in [1.165, 1.54) is 76.2 Å². The molecule has 3 unspecified atom stereocenters. The number of aromatic nitrogens is 1. The Kier molecular flexibility index (Phi) is 40.6. The van der Waals surface area contributed by atoms with Crippen molar-refractivity contribution in [3.05, 3.63) is 72.3 Å². The van der Waals surface area contributed by atoms with Crippen LogP contribution in [0.25, 0.3) is 0 Å². The summed E-state index contributed by atoms with van der Waals surface area (Å²) in [5.74, 6) is 0.726. The van der Waals surface area contributed by atoms with Crippen LogP contribution in [-0.4, -0.2) is 44.1 Å². The zero-order valence-corrected chi connectivity index (χ0v) is 39.5. The monoisotopic (exact) mass is 821 g/mol. The fourth-order valence-electron chi connectivity index (χ4n) is 6.57. The Morgan fingerprint density at radius 3 is 2.00 bits per heavy atom. The summed E-state index contributed by atoms with van der Waals surface area (Å²) < 4.78 is 24.9. The van der Waals surface area contributed by atoms with Crippen LogP contribution in [0.5, 0.6) is 0 Å². The van der Waals surface area contributed by atoms with Crippen LogP contribution < -0.4 is 21.7 Å². The summed E-state index contributed by atoms with van der Waals surface area (Å²) in [6.45, 7) is 28.7. The number of unbranched alkanes of at least 4 members (excludes halogenated alkanes) is 2. The van der Waals surface area contributed by atoms with Crippen LogP contribution in [0.15, 0.2) is 65.6 Å². The highest BCUT2D eigenvalue weighted by Gasteiger charge is 2.26. The molecule has 10 heteroatoms. The lowest BCUT2D eigenvalue weighted by atomic mass is 9.72. The summed E-state index contributed by atoms with van der Waals surface area (Å²) in [5, 5.41) is 7.11. The van der Waals surface area contributed by atoms with Gasteiger partial charge in [-0.2, -0.15) is 0 Å². The number of hydrogen-bond donors (Lipinski definition) is 3. The molecule has 0 saturated heterocycles. The number of alkyl halides is 1. The number of rotatable bonds is 23. The van der Waals surface area contributed by atoms with Gasteiger partial charge in [-0.05, 0) is 111 Å². The van der Waals surface area contributed by atoms with E-state index < -0.39 is 5.83 Å². The Morgan fingerprint density at radius 2 is 1.55 bits per heavy atom. The molecule has 4 N–H and O–H groups in total. The number of halogens is 2. The average Bonchev–Trinajstić information content (AvgIpc) is 3.19. The van der Waals surface area contributed by atoms with Gasteiger partial charge >= 0.3 is 0 Å².